The normalized spacial score (nSPS) is 11.2. The summed E-state index contributed by atoms with van der Waals surface area (Å²) in [5.74, 6) is 0.167. The molecule has 0 bridgehead atoms. The van der Waals surface area contributed by atoms with Crippen molar-refractivity contribution in [1.29, 1.82) is 5.26 Å². The molecule has 0 atom stereocenters. The van der Waals surface area contributed by atoms with Gasteiger partial charge in [0.15, 0.2) is 0 Å². The Morgan fingerprint density at radius 3 is 2.62 bits per heavy atom. The molecule has 0 radical (unpaired) electrons. The Morgan fingerprint density at radius 2 is 1.88 bits per heavy atom. The number of hydrogen-bond donors (Lipinski definition) is 1. The van der Waals surface area contributed by atoms with Crippen molar-refractivity contribution in [3.05, 3.63) is 101 Å². The average Bonchev–Trinajstić information content (AvgIpc) is 3.16. The van der Waals surface area contributed by atoms with E-state index in [1.54, 1.807) is 37.5 Å². The minimum Gasteiger partial charge on any atom is -0.497 e. The van der Waals surface area contributed by atoms with Crippen molar-refractivity contribution in [2.24, 2.45) is 0 Å². The molecule has 0 unspecified atom stereocenters. The van der Waals surface area contributed by atoms with Gasteiger partial charge in [-0.1, -0.05) is 54.1 Å². The number of nitriles is 1. The Labute approximate surface area is 187 Å². The number of methoxy groups -OCH3 is 1. The third-order valence-corrected chi connectivity index (χ3v) is 5.29. The van der Waals surface area contributed by atoms with Crippen molar-refractivity contribution in [3.63, 3.8) is 0 Å². The fourth-order valence-corrected chi connectivity index (χ4v) is 3.61. The van der Waals surface area contributed by atoms with E-state index in [0.717, 1.165) is 16.5 Å². The fourth-order valence-electron chi connectivity index (χ4n) is 3.61. The minimum absolute atomic E-state index is 0.0334. The van der Waals surface area contributed by atoms with Crippen molar-refractivity contribution in [2.75, 3.05) is 12.4 Å². The van der Waals surface area contributed by atoms with Crippen molar-refractivity contribution in [1.82, 2.24) is 4.57 Å². The summed E-state index contributed by atoms with van der Waals surface area (Å²) in [6, 6.07) is 25.5. The van der Waals surface area contributed by atoms with Crippen molar-refractivity contribution in [3.8, 4) is 11.8 Å². The molecule has 0 aliphatic heterocycles. The number of aromatic nitrogens is 1. The van der Waals surface area contributed by atoms with Gasteiger partial charge in [-0.15, -0.1) is 0 Å². The van der Waals surface area contributed by atoms with Gasteiger partial charge in [0.05, 0.1) is 7.11 Å². The van der Waals surface area contributed by atoms with E-state index >= 15 is 0 Å². The largest absolute Gasteiger partial charge is 0.497 e. The second-order valence-corrected chi connectivity index (χ2v) is 7.57. The van der Waals surface area contributed by atoms with Crippen LogP contribution in [0.5, 0.6) is 5.75 Å². The predicted octanol–water partition coefficient (Wildman–Crippen LogP) is 5.55. The van der Waals surface area contributed by atoms with Crippen molar-refractivity contribution < 1.29 is 9.53 Å². The number of aryl methyl sites for hydroxylation is 1. The maximum Gasteiger partial charge on any atom is 0.266 e. The number of carbonyl (C=O) groups is 1. The fraction of sp³-hybridized carbons (Fsp3) is 0.111. The molecule has 0 aliphatic rings. The Bertz CT molecular complexity index is 1340. The summed E-state index contributed by atoms with van der Waals surface area (Å²) in [7, 11) is 1.56. The molecule has 0 fully saturated rings. The average molecular weight is 422 g/mol. The Morgan fingerprint density at radius 1 is 1.09 bits per heavy atom. The Hall–Kier alpha value is -4.30. The highest BCUT2D eigenvalue weighted by Gasteiger charge is 2.13. The van der Waals surface area contributed by atoms with Gasteiger partial charge in [-0.25, -0.2) is 0 Å². The zero-order valence-corrected chi connectivity index (χ0v) is 18.0. The summed E-state index contributed by atoms with van der Waals surface area (Å²) in [4.78, 5) is 12.8. The molecular weight excluding hydrogens is 398 g/mol. The lowest BCUT2D eigenvalue weighted by Gasteiger charge is -2.06. The Kier molecular flexibility index (Phi) is 6.05. The summed E-state index contributed by atoms with van der Waals surface area (Å²) in [5.41, 5.74) is 4.87. The monoisotopic (exact) mass is 421 g/mol. The maximum atomic E-state index is 12.8. The van der Waals surface area contributed by atoms with Crippen LogP contribution in [0.1, 0.15) is 16.7 Å². The van der Waals surface area contributed by atoms with Crippen LogP contribution in [0.15, 0.2) is 84.6 Å². The number of nitrogens with zero attached hydrogens (tertiary/aromatic N) is 2. The lowest BCUT2D eigenvalue weighted by atomic mass is 10.1. The molecule has 0 aliphatic carbocycles. The molecule has 0 saturated heterocycles. The van der Waals surface area contributed by atoms with E-state index in [4.69, 9.17) is 4.74 Å². The maximum absolute atomic E-state index is 12.8. The van der Waals surface area contributed by atoms with Gasteiger partial charge in [0.2, 0.25) is 0 Å². The molecule has 32 heavy (non-hydrogen) atoms. The van der Waals surface area contributed by atoms with Gasteiger partial charge in [-0.3, -0.25) is 4.79 Å². The van der Waals surface area contributed by atoms with Gasteiger partial charge in [-0.05, 0) is 36.8 Å². The van der Waals surface area contributed by atoms with Gasteiger partial charge >= 0.3 is 0 Å². The second kappa shape index (κ2) is 9.23. The summed E-state index contributed by atoms with van der Waals surface area (Å²) in [6.07, 6.45) is 3.63. The molecule has 1 heterocycles. The number of anilines is 1. The van der Waals surface area contributed by atoms with E-state index < -0.39 is 5.91 Å². The molecule has 4 aromatic rings. The van der Waals surface area contributed by atoms with Crippen LogP contribution >= 0.6 is 0 Å². The number of para-hydroxylation sites is 1. The first-order valence-electron chi connectivity index (χ1n) is 10.3. The summed E-state index contributed by atoms with van der Waals surface area (Å²) >= 11 is 0. The molecule has 5 nitrogen and oxygen atoms in total. The van der Waals surface area contributed by atoms with Gasteiger partial charge in [-0.2, -0.15) is 5.26 Å². The zero-order valence-electron chi connectivity index (χ0n) is 18.0. The van der Waals surface area contributed by atoms with Crippen molar-refractivity contribution >= 4 is 28.6 Å². The van der Waals surface area contributed by atoms with Gasteiger partial charge < -0.3 is 14.6 Å². The molecule has 4 rings (SSSR count). The van der Waals surface area contributed by atoms with Gasteiger partial charge in [0, 0.05) is 41.0 Å². The van der Waals surface area contributed by atoms with E-state index in [9.17, 15) is 10.1 Å². The Balaban J connectivity index is 1.66. The van der Waals surface area contributed by atoms with Crippen LogP contribution in [-0.4, -0.2) is 17.6 Å². The summed E-state index contributed by atoms with van der Waals surface area (Å²) in [5, 5.41) is 13.4. The lowest BCUT2D eigenvalue weighted by molar-refractivity contribution is -0.112. The van der Waals surface area contributed by atoms with Crippen LogP contribution < -0.4 is 10.1 Å². The third-order valence-electron chi connectivity index (χ3n) is 5.29. The number of ether oxygens (including phenoxy) is 1. The first kappa shape index (κ1) is 21.0. The quantitative estimate of drug-likeness (QED) is 0.328. The lowest BCUT2D eigenvalue weighted by Crippen LogP contribution is -2.13. The number of carbonyl (C=O) groups excluding carboxylic acids is 1. The number of hydrogen-bond acceptors (Lipinski definition) is 3. The highest BCUT2D eigenvalue weighted by Crippen LogP contribution is 2.25. The number of rotatable bonds is 6. The molecule has 0 spiro atoms. The molecule has 0 saturated carbocycles. The van der Waals surface area contributed by atoms with Crippen LogP contribution in [-0.2, 0) is 11.3 Å². The second-order valence-electron chi connectivity index (χ2n) is 7.57. The minimum atomic E-state index is -0.462. The summed E-state index contributed by atoms with van der Waals surface area (Å²) in [6.45, 7) is 2.77. The molecular formula is C27H23N3O2. The number of amides is 1. The van der Waals surface area contributed by atoms with E-state index in [1.807, 2.05) is 36.5 Å². The van der Waals surface area contributed by atoms with Crippen LogP contribution in [0.2, 0.25) is 0 Å². The van der Waals surface area contributed by atoms with E-state index in [2.05, 4.69) is 41.1 Å². The van der Waals surface area contributed by atoms with Crippen molar-refractivity contribution in [2.45, 2.75) is 13.5 Å². The van der Waals surface area contributed by atoms with E-state index in [-0.39, 0.29) is 5.57 Å². The van der Waals surface area contributed by atoms with Crippen LogP contribution in [0.3, 0.4) is 0 Å². The van der Waals surface area contributed by atoms with Crippen LogP contribution in [0, 0.1) is 18.3 Å². The van der Waals surface area contributed by atoms with E-state index in [1.165, 1.54) is 11.1 Å². The van der Waals surface area contributed by atoms with Gasteiger partial charge in [0.1, 0.15) is 17.4 Å². The van der Waals surface area contributed by atoms with Crippen LogP contribution in [0.4, 0.5) is 5.69 Å². The van der Waals surface area contributed by atoms with E-state index in [0.29, 0.717) is 18.0 Å². The van der Waals surface area contributed by atoms with Crippen LogP contribution in [0.25, 0.3) is 17.0 Å². The van der Waals surface area contributed by atoms with Gasteiger partial charge in [0.25, 0.3) is 5.91 Å². The third kappa shape index (κ3) is 4.55. The molecule has 1 N–H and O–H groups in total. The molecule has 158 valence electrons. The number of fused-ring (bicyclic) bond motifs is 1. The zero-order chi connectivity index (χ0) is 22.5. The number of nitrogens with one attached hydrogen (secondary N) is 1. The number of benzene rings is 3. The SMILES string of the molecule is COc1cccc(NC(=O)/C(C#N)=C/c2cn(Cc3ccc(C)cc3)c3ccccc23)c1. The highest BCUT2D eigenvalue weighted by atomic mass is 16.5. The topological polar surface area (TPSA) is 67.0 Å². The predicted molar refractivity (Wildman–Crippen MR) is 127 cm³/mol. The first-order chi connectivity index (χ1) is 15.6. The smallest absolute Gasteiger partial charge is 0.266 e. The molecule has 1 aromatic heterocycles. The standard InChI is InChI=1S/C27H23N3O2/c1-19-10-12-20(13-11-19)17-30-18-22(25-8-3-4-9-26(25)30)14-21(16-28)27(31)29-23-6-5-7-24(15-23)32-2/h3-15,18H,17H2,1-2H3,(H,29,31)/b21-14+. The first-order valence-corrected chi connectivity index (χ1v) is 10.3. The molecule has 5 heteroatoms. The highest BCUT2D eigenvalue weighted by molar-refractivity contribution is 6.10. The summed E-state index contributed by atoms with van der Waals surface area (Å²) < 4.78 is 7.33. The molecule has 1 amide bonds. The molecule has 3 aromatic carbocycles.